The molecule has 1 aliphatic heterocycles. The smallest absolute Gasteiger partial charge is 0.233 e. The number of nitrogens with one attached hydrogen (secondary N) is 1. The minimum Gasteiger partial charge on any atom is -0.497 e. The normalized spacial score (nSPS) is 17.7. The van der Waals surface area contributed by atoms with Crippen molar-refractivity contribution in [2.45, 2.75) is 30.7 Å². The van der Waals surface area contributed by atoms with Crippen LogP contribution in [0.15, 0.2) is 29.2 Å². The van der Waals surface area contributed by atoms with Crippen molar-refractivity contribution in [1.82, 2.24) is 10.2 Å². The monoisotopic (exact) mass is 308 g/mol. The molecule has 1 aromatic carbocycles. The van der Waals surface area contributed by atoms with Crippen molar-refractivity contribution in [3.63, 3.8) is 0 Å². The zero-order valence-corrected chi connectivity index (χ0v) is 13.6. The first-order valence-electron chi connectivity index (χ1n) is 7.51. The molecule has 1 aliphatic rings. The molecule has 0 saturated carbocycles. The third-order valence-corrected chi connectivity index (χ3v) is 4.68. The lowest BCUT2D eigenvalue weighted by Crippen LogP contribution is -2.43. The van der Waals surface area contributed by atoms with Gasteiger partial charge in [-0.25, -0.2) is 0 Å². The van der Waals surface area contributed by atoms with Crippen molar-refractivity contribution < 1.29 is 9.53 Å². The fourth-order valence-corrected chi connectivity index (χ4v) is 3.34. The second-order valence-electron chi connectivity index (χ2n) is 5.20. The third-order valence-electron chi connectivity index (χ3n) is 3.68. The van der Waals surface area contributed by atoms with Crippen LogP contribution in [-0.2, 0) is 4.79 Å². The maximum absolute atomic E-state index is 12.5. The summed E-state index contributed by atoms with van der Waals surface area (Å²) in [6.07, 6.45) is 2.08. The van der Waals surface area contributed by atoms with E-state index in [9.17, 15) is 4.79 Å². The molecule has 0 spiro atoms. The van der Waals surface area contributed by atoms with Gasteiger partial charge in [0.25, 0.3) is 0 Å². The highest BCUT2D eigenvalue weighted by Crippen LogP contribution is 2.22. The van der Waals surface area contributed by atoms with Crippen molar-refractivity contribution in [3.8, 4) is 5.75 Å². The largest absolute Gasteiger partial charge is 0.497 e. The molecule has 1 heterocycles. The number of hydrogen-bond acceptors (Lipinski definition) is 4. The average Bonchev–Trinajstić information content (AvgIpc) is 3.04. The summed E-state index contributed by atoms with van der Waals surface area (Å²) in [5.74, 6) is 1.59. The fourth-order valence-electron chi connectivity index (χ4n) is 2.56. The van der Waals surface area contributed by atoms with E-state index in [1.165, 1.54) is 0 Å². The van der Waals surface area contributed by atoms with Crippen molar-refractivity contribution in [3.05, 3.63) is 24.3 Å². The van der Waals surface area contributed by atoms with E-state index in [0.717, 1.165) is 43.1 Å². The molecule has 4 nitrogen and oxygen atoms in total. The topological polar surface area (TPSA) is 41.6 Å². The Morgan fingerprint density at radius 2 is 2.19 bits per heavy atom. The first kappa shape index (κ1) is 16.2. The summed E-state index contributed by atoms with van der Waals surface area (Å²) in [6.45, 7) is 4.93. The van der Waals surface area contributed by atoms with Crippen LogP contribution in [0.2, 0.25) is 0 Å². The van der Waals surface area contributed by atoms with Gasteiger partial charge < -0.3 is 15.0 Å². The van der Waals surface area contributed by atoms with Crippen molar-refractivity contribution in [1.29, 1.82) is 0 Å². The number of amides is 1. The number of ether oxygens (including phenoxy) is 1. The lowest BCUT2D eigenvalue weighted by atomic mass is 10.2. The van der Waals surface area contributed by atoms with E-state index in [2.05, 4.69) is 17.1 Å². The van der Waals surface area contributed by atoms with Gasteiger partial charge in [0.05, 0.1) is 12.9 Å². The SMILES string of the molecule is CCCN(C(=O)CSc1ccc(OC)cc1)C1CCNC1. The van der Waals surface area contributed by atoms with Crippen LogP contribution in [0, 0.1) is 0 Å². The van der Waals surface area contributed by atoms with Gasteiger partial charge in [0, 0.05) is 24.0 Å². The van der Waals surface area contributed by atoms with Crippen molar-refractivity contribution >= 4 is 17.7 Å². The maximum Gasteiger partial charge on any atom is 0.233 e. The quantitative estimate of drug-likeness (QED) is 0.785. The molecule has 1 unspecified atom stereocenters. The van der Waals surface area contributed by atoms with Gasteiger partial charge in [-0.1, -0.05) is 6.92 Å². The van der Waals surface area contributed by atoms with E-state index in [4.69, 9.17) is 4.74 Å². The van der Waals surface area contributed by atoms with Gasteiger partial charge in [0.1, 0.15) is 5.75 Å². The Morgan fingerprint density at radius 1 is 1.43 bits per heavy atom. The van der Waals surface area contributed by atoms with E-state index in [1.807, 2.05) is 24.3 Å². The lowest BCUT2D eigenvalue weighted by molar-refractivity contribution is -0.130. The molecule has 1 atom stereocenters. The minimum atomic E-state index is 0.242. The highest BCUT2D eigenvalue weighted by Gasteiger charge is 2.25. The Morgan fingerprint density at radius 3 is 2.76 bits per heavy atom. The summed E-state index contributed by atoms with van der Waals surface area (Å²) in [4.78, 5) is 15.6. The molecule has 1 amide bonds. The molecule has 0 bridgehead atoms. The summed E-state index contributed by atoms with van der Waals surface area (Å²) in [6, 6.07) is 8.22. The molecule has 1 saturated heterocycles. The molecular weight excluding hydrogens is 284 g/mol. The molecule has 1 aromatic rings. The van der Waals surface area contributed by atoms with Crippen LogP contribution in [0.4, 0.5) is 0 Å². The molecular formula is C16H24N2O2S. The Bertz CT molecular complexity index is 444. The first-order valence-corrected chi connectivity index (χ1v) is 8.50. The van der Waals surface area contributed by atoms with Gasteiger partial charge in [0.2, 0.25) is 5.91 Å². The number of thioether (sulfide) groups is 1. The zero-order chi connectivity index (χ0) is 15.1. The minimum absolute atomic E-state index is 0.242. The number of nitrogens with zero attached hydrogens (tertiary/aromatic N) is 1. The van der Waals surface area contributed by atoms with E-state index in [-0.39, 0.29) is 5.91 Å². The van der Waals surface area contributed by atoms with E-state index in [0.29, 0.717) is 11.8 Å². The first-order chi connectivity index (χ1) is 10.2. The number of carbonyl (C=O) groups is 1. The Kier molecular flexibility index (Phi) is 6.39. The molecule has 2 rings (SSSR count). The molecule has 0 aromatic heterocycles. The van der Waals surface area contributed by atoms with Gasteiger partial charge in [-0.15, -0.1) is 11.8 Å². The Hall–Kier alpha value is -1.20. The highest BCUT2D eigenvalue weighted by molar-refractivity contribution is 8.00. The Balaban J connectivity index is 1.88. The summed E-state index contributed by atoms with van der Waals surface area (Å²) < 4.78 is 5.14. The summed E-state index contributed by atoms with van der Waals surface area (Å²) in [5.41, 5.74) is 0. The molecule has 0 aliphatic carbocycles. The molecule has 21 heavy (non-hydrogen) atoms. The lowest BCUT2D eigenvalue weighted by Gasteiger charge is -2.28. The van der Waals surface area contributed by atoms with E-state index in [1.54, 1.807) is 18.9 Å². The molecule has 1 N–H and O–H groups in total. The van der Waals surface area contributed by atoms with Crippen molar-refractivity contribution in [2.24, 2.45) is 0 Å². The summed E-state index contributed by atoms with van der Waals surface area (Å²) in [7, 11) is 1.66. The van der Waals surface area contributed by atoms with Gasteiger partial charge >= 0.3 is 0 Å². The molecule has 5 heteroatoms. The number of carbonyl (C=O) groups excluding carboxylic acids is 1. The number of benzene rings is 1. The van der Waals surface area contributed by atoms with Gasteiger partial charge in [0.15, 0.2) is 0 Å². The van der Waals surface area contributed by atoms with Gasteiger partial charge in [-0.2, -0.15) is 0 Å². The molecule has 116 valence electrons. The zero-order valence-electron chi connectivity index (χ0n) is 12.8. The number of rotatable bonds is 7. The van der Waals surface area contributed by atoms with E-state index >= 15 is 0 Å². The predicted octanol–water partition coefficient (Wildman–Crippen LogP) is 2.39. The van der Waals surface area contributed by atoms with Crippen LogP contribution < -0.4 is 10.1 Å². The third kappa shape index (κ3) is 4.64. The van der Waals surface area contributed by atoms with Crippen LogP contribution in [0.3, 0.4) is 0 Å². The maximum atomic E-state index is 12.5. The second kappa shape index (κ2) is 8.29. The summed E-state index contributed by atoms with van der Waals surface area (Å²) in [5, 5.41) is 3.34. The van der Waals surface area contributed by atoms with Crippen LogP contribution in [0.5, 0.6) is 5.75 Å². The average molecular weight is 308 g/mol. The fraction of sp³-hybridized carbons (Fsp3) is 0.562. The second-order valence-corrected chi connectivity index (χ2v) is 6.25. The standard InChI is InChI=1S/C16H24N2O2S/c1-3-10-18(13-8-9-17-11-13)16(19)12-21-15-6-4-14(20-2)5-7-15/h4-7,13,17H,3,8-12H2,1-2H3. The van der Waals surface area contributed by atoms with Crippen molar-refractivity contribution in [2.75, 3.05) is 32.5 Å². The molecule has 1 fully saturated rings. The number of hydrogen-bond donors (Lipinski definition) is 1. The van der Waals surface area contributed by atoms with Gasteiger partial charge in [-0.3, -0.25) is 4.79 Å². The predicted molar refractivity (Wildman–Crippen MR) is 87.0 cm³/mol. The molecule has 0 radical (unpaired) electrons. The van der Waals surface area contributed by atoms with E-state index < -0.39 is 0 Å². The summed E-state index contributed by atoms with van der Waals surface area (Å²) >= 11 is 1.59. The number of methoxy groups -OCH3 is 1. The van der Waals surface area contributed by atoms with Crippen LogP contribution in [0.1, 0.15) is 19.8 Å². The van der Waals surface area contributed by atoms with Gasteiger partial charge in [-0.05, 0) is 43.7 Å². The van der Waals surface area contributed by atoms with Crippen LogP contribution >= 0.6 is 11.8 Å². The Labute approximate surface area is 131 Å². The van der Waals surface area contributed by atoms with Crippen LogP contribution in [0.25, 0.3) is 0 Å². The van der Waals surface area contributed by atoms with Crippen LogP contribution in [-0.4, -0.2) is 49.3 Å². The highest BCUT2D eigenvalue weighted by atomic mass is 32.2.